The molecule has 2 N–H and O–H groups in total. The topological polar surface area (TPSA) is 40.5 Å². The van der Waals surface area contributed by atoms with E-state index in [2.05, 4.69) is 0 Å². The van der Waals surface area contributed by atoms with E-state index in [4.69, 9.17) is 10.2 Å². The van der Waals surface area contributed by atoms with Crippen LogP contribution in [0.1, 0.15) is 20.3 Å². The van der Waals surface area contributed by atoms with Gasteiger partial charge >= 0.3 is 0 Å². The molecule has 0 aromatic heterocycles. The average molecular weight is 130 g/mol. The van der Waals surface area contributed by atoms with E-state index in [0.717, 1.165) is 6.42 Å². The highest BCUT2D eigenvalue weighted by molar-refractivity contribution is 5.02. The van der Waals surface area contributed by atoms with Crippen LogP contribution in [0.5, 0.6) is 0 Å². The third kappa shape index (κ3) is 0.970. The zero-order valence-corrected chi connectivity index (χ0v) is 5.96. The average Bonchev–Trinajstić information content (AvgIpc) is 2.41. The van der Waals surface area contributed by atoms with Crippen molar-refractivity contribution in [2.75, 3.05) is 6.61 Å². The number of aliphatic hydroxyl groups excluding tert-OH is 2. The Labute approximate surface area is 55.5 Å². The van der Waals surface area contributed by atoms with Crippen LogP contribution < -0.4 is 0 Å². The van der Waals surface area contributed by atoms with Crippen LogP contribution >= 0.6 is 0 Å². The molecular weight excluding hydrogens is 116 g/mol. The first-order valence-corrected chi connectivity index (χ1v) is 3.40. The second-order valence-corrected chi connectivity index (χ2v) is 3.31. The van der Waals surface area contributed by atoms with Crippen LogP contribution in [0.25, 0.3) is 0 Å². The molecule has 1 aliphatic carbocycles. The van der Waals surface area contributed by atoms with Crippen LogP contribution in [0, 0.1) is 11.3 Å². The van der Waals surface area contributed by atoms with Crippen molar-refractivity contribution in [3.05, 3.63) is 0 Å². The van der Waals surface area contributed by atoms with E-state index in [1.54, 1.807) is 0 Å². The fraction of sp³-hybridized carbons (Fsp3) is 1.00. The summed E-state index contributed by atoms with van der Waals surface area (Å²) in [5, 5.41) is 17.8. The van der Waals surface area contributed by atoms with Crippen molar-refractivity contribution in [3.63, 3.8) is 0 Å². The highest BCUT2D eigenvalue weighted by Crippen LogP contribution is 2.51. The van der Waals surface area contributed by atoms with Crippen molar-refractivity contribution in [2.45, 2.75) is 26.4 Å². The van der Waals surface area contributed by atoms with E-state index in [9.17, 15) is 0 Å². The lowest BCUT2D eigenvalue weighted by molar-refractivity contribution is 0.137. The maximum Gasteiger partial charge on any atom is 0.0604 e. The predicted molar refractivity (Wildman–Crippen MR) is 35.0 cm³/mol. The van der Waals surface area contributed by atoms with Crippen molar-refractivity contribution in [3.8, 4) is 0 Å². The smallest absolute Gasteiger partial charge is 0.0604 e. The summed E-state index contributed by atoms with van der Waals surface area (Å²) in [6, 6.07) is 0. The lowest BCUT2D eigenvalue weighted by Gasteiger charge is -2.15. The molecular formula is C7H14O2. The Morgan fingerprint density at radius 3 is 2.33 bits per heavy atom. The molecule has 1 saturated carbocycles. The molecule has 0 heterocycles. The van der Waals surface area contributed by atoms with Gasteiger partial charge in [-0.3, -0.25) is 0 Å². The molecule has 54 valence electrons. The van der Waals surface area contributed by atoms with E-state index in [1.807, 2.05) is 13.8 Å². The van der Waals surface area contributed by atoms with Crippen molar-refractivity contribution in [1.82, 2.24) is 0 Å². The summed E-state index contributed by atoms with van der Waals surface area (Å²) in [5.74, 6) is 0.243. The molecule has 0 radical (unpaired) electrons. The maximum atomic E-state index is 9.08. The van der Waals surface area contributed by atoms with Gasteiger partial charge < -0.3 is 10.2 Å². The molecule has 3 atom stereocenters. The second-order valence-electron chi connectivity index (χ2n) is 3.31. The minimum Gasteiger partial charge on any atom is -0.396 e. The van der Waals surface area contributed by atoms with E-state index in [0.29, 0.717) is 0 Å². The lowest BCUT2D eigenvalue weighted by Crippen LogP contribution is -2.16. The second kappa shape index (κ2) is 1.96. The first kappa shape index (κ1) is 7.03. The summed E-state index contributed by atoms with van der Waals surface area (Å²) in [6.45, 7) is 4.17. The number of hydrogen-bond acceptors (Lipinski definition) is 2. The summed E-state index contributed by atoms with van der Waals surface area (Å²) in [4.78, 5) is 0. The Balaban J connectivity index is 2.43. The molecule has 1 rings (SSSR count). The van der Waals surface area contributed by atoms with E-state index < -0.39 is 0 Å². The van der Waals surface area contributed by atoms with Crippen LogP contribution in [-0.4, -0.2) is 22.9 Å². The van der Waals surface area contributed by atoms with Crippen LogP contribution in [-0.2, 0) is 0 Å². The Bertz CT molecular complexity index is 113. The summed E-state index contributed by atoms with van der Waals surface area (Å²) in [5.41, 5.74) is 0.0226. The number of aliphatic hydroxyl groups is 2. The van der Waals surface area contributed by atoms with Crippen LogP contribution in [0.4, 0.5) is 0 Å². The van der Waals surface area contributed by atoms with Gasteiger partial charge in [-0.15, -0.1) is 0 Å². The summed E-state index contributed by atoms with van der Waals surface area (Å²) in [6.07, 6.45) is 0.689. The van der Waals surface area contributed by atoms with Gasteiger partial charge in [0.1, 0.15) is 0 Å². The lowest BCUT2D eigenvalue weighted by atomic mass is 9.93. The largest absolute Gasteiger partial charge is 0.396 e. The Kier molecular flexibility index (Phi) is 1.53. The van der Waals surface area contributed by atoms with Gasteiger partial charge in [0.15, 0.2) is 0 Å². The maximum absolute atomic E-state index is 9.08. The molecule has 0 saturated heterocycles. The van der Waals surface area contributed by atoms with E-state index in [-0.39, 0.29) is 24.0 Å². The SMILES string of the molecule is CC(CO)[C@]1(C)C[C@H]1O. The van der Waals surface area contributed by atoms with E-state index in [1.165, 1.54) is 0 Å². The normalized spacial score (nSPS) is 44.7. The minimum atomic E-state index is -0.167. The van der Waals surface area contributed by atoms with Crippen LogP contribution in [0.2, 0.25) is 0 Å². The first-order chi connectivity index (χ1) is 4.11. The number of rotatable bonds is 2. The molecule has 1 aliphatic rings. The monoisotopic (exact) mass is 130 g/mol. The van der Waals surface area contributed by atoms with Gasteiger partial charge in [-0.05, 0) is 12.3 Å². The molecule has 1 fully saturated rings. The third-order valence-electron chi connectivity index (χ3n) is 2.63. The molecule has 2 heteroatoms. The fourth-order valence-corrected chi connectivity index (χ4v) is 1.10. The Hall–Kier alpha value is -0.0800. The Morgan fingerprint density at radius 1 is 1.78 bits per heavy atom. The highest BCUT2D eigenvalue weighted by atomic mass is 16.3. The van der Waals surface area contributed by atoms with Gasteiger partial charge in [-0.25, -0.2) is 0 Å². The summed E-state index contributed by atoms with van der Waals surface area (Å²) in [7, 11) is 0. The zero-order valence-electron chi connectivity index (χ0n) is 5.96. The predicted octanol–water partition coefficient (Wildman–Crippen LogP) is 0.386. The van der Waals surface area contributed by atoms with Crippen molar-refractivity contribution < 1.29 is 10.2 Å². The molecule has 1 unspecified atom stereocenters. The van der Waals surface area contributed by atoms with Gasteiger partial charge in [0.25, 0.3) is 0 Å². The van der Waals surface area contributed by atoms with Gasteiger partial charge in [0.2, 0.25) is 0 Å². The highest BCUT2D eigenvalue weighted by Gasteiger charge is 2.52. The van der Waals surface area contributed by atoms with Gasteiger partial charge in [-0.1, -0.05) is 13.8 Å². The Morgan fingerprint density at radius 2 is 2.22 bits per heavy atom. The van der Waals surface area contributed by atoms with Crippen molar-refractivity contribution in [1.29, 1.82) is 0 Å². The van der Waals surface area contributed by atoms with Gasteiger partial charge in [0.05, 0.1) is 6.10 Å². The zero-order chi connectivity index (χ0) is 7.07. The molecule has 0 amide bonds. The fourth-order valence-electron chi connectivity index (χ4n) is 1.10. The minimum absolute atomic E-state index is 0.0226. The van der Waals surface area contributed by atoms with Gasteiger partial charge in [0, 0.05) is 12.0 Å². The first-order valence-electron chi connectivity index (χ1n) is 3.40. The van der Waals surface area contributed by atoms with Crippen LogP contribution in [0.15, 0.2) is 0 Å². The molecule has 0 aromatic rings. The van der Waals surface area contributed by atoms with Gasteiger partial charge in [-0.2, -0.15) is 0 Å². The van der Waals surface area contributed by atoms with Crippen molar-refractivity contribution in [2.24, 2.45) is 11.3 Å². The molecule has 2 nitrogen and oxygen atoms in total. The molecule has 0 aliphatic heterocycles. The van der Waals surface area contributed by atoms with E-state index >= 15 is 0 Å². The number of hydrogen-bond donors (Lipinski definition) is 2. The van der Waals surface area contributed by atoms with Crippen LogP contribution in [0.3, 0.4) is 0 Å². The summed E-state index contributed by atoms with van der Waals surface area (Å²) >= 11 is 0. The third-order valence-corrected chi connectivity index (χ3v) is 2.63. The standard InChI is InChI=1S/C7H14O2/c1-5(4-8)7(2)3-6(7)9/h5-6,8-9H,3-4H2,1-2H3/t5?,6-,7+/m1/s1. The molecule has 0 spiro atoms. The quantitative estimate of drug-likeness (QED) is 0.567. The molecule has 0 aromatic carbocycles. The van der Waals surface area contributed by atoms with Crippen molar-refractivity contribution >= 4 is 0 Å². The molecule has 0 bridgehead atoms. The summed E-state index contributed by atoms with van der Waals surface area (Å²) < 4.78 is 0. The molecule has 9 heavy (non-hydrogen) atoms.